The van der Waals surface area contributed by atoms with E-state index in [2.05, 4.69) is 10.4 Å². The highest BCUT2D eigenvalue weighted by Gasteiger charge is 2.29. The number of hydrogen-bond acceptors (Lipinski definition) is 6. The van der Waals surface area contributed by atoms with Crippen molar-refractivity contribution in [3.63, 3.8) is 0 Å². The Hall–Kier alpha value is -2.14. The summed E-state index contributed by atoms with van der Waals surface area (Å²) in [4.78, 5) is 26.7. The first-order valence-electron chi connectivity index (χ1n) is 8.59. The van der Waals surface area contributed by atoms with Crippen LogP contribution in [0.3, 0.4) is 0 Å². The smallest absolute Gasteiger partial charge is 0.287 e. The molecular formula is C17H19Cl2N5O4S. The van der Waals surface area contributed by atoms with E-state index in [1.54, 1.807) is 19.2 Å². The minimum atomic E-state index is -3.70. The highest BCUT2D eigenvalue weighted by molar-refractivity contribution is 7.89. The van der Waals surface area contributed by atoms with Gasteiger partial charge in [0.2, 0.25) is 15.9 Å². The maximum atomic E-state index is 12.8. The molecule has 0 unspecified atom stereocenters. The maximum Gasteiger partial charge on any atom is 0.287 e. The predicted molar refractivity (Wildman–Crippen MR) is 111 cm³/mol. The fourth-order valence-corrected chi connectivity index (χ4v) is 4.55. The third-order valence-electron chi connectivity index (χ3n) is 4.72. The standard InChI is InChI=1S/C17H19Cl2N5O4S/c1-10(24-17(26)15(19)12(18)9-20-24)16(25)21-11-4-5-13-14(8-11)29(27,28)23(3)7-6-22(13)2/h4-5,8-10H,6-7H2,1-3H3,(H,21,25)/t10-/m1/s1. The fraction of sp³-hybridized carbons (Fsp3) is 0.353. The third kappa shape index (κ3) is 3.97. The Morgan fingerprint density at radius 3 is 2.62 bits per heavy atom. The lowest BCUT2D eigenvalue weighted by atomic mass is 10.2. The van der Waals surface area contributed by atoms with E-state index in [0.717, 1.165) is 4.68 Å². The monoisotopic (exact) mass is 459 g/mol. The molecule has 29 heavy (non-hydrogen) atoms. The summed E-state index contributed by atoms with van der Waals surface area (Å²) >= 11 is 11.6. The first-order chi connectivity index (χ1) is 13.5. The molecule has 1 amide bonds. The van der Waals surface area contributed by atoms with Crippen LogP contribution in [0, 0.1) is 0 Å². The normalized spacial score (nSPS) is 17.3. The molecule has 0 fully saturated rings. The number of likely N-dealkylation sites (N-methyl/N-ethyl adjacent to an activating group) is 2. The van der Waals surface area contributed by atoms with Gasteiger partial charge in [0, 0.05) is 32.9 Å². The molecule has 156 valence electrons. The number of anilines is 2. The van der Waals surface area contributed by atoms with Gasteiger partial charge in [0.15, 0.2) is 0 Å². The SMILES string of the molecule is C[C@H](C(=O)Nc1ccc2c(c1)S(=O)(=O)N(C)CCN2C)n1ncc(Cl)c(Cl)c1=O. The molecule has 0 radical (unpaired) electrons. The number of fused-ring (bicyclic) bond motifs is 1. The average molecular weight is 460 g/mol. The van der Waals surface area contributed by atoms with Gasteiger partial charge in [-0.2, -0.15) is 9.40 Å². The van der Waals surface area contributed by atoms with E-state index in [-0.39, 0.29) is 20.6 Å². The van der Waals surface area contributed by atoms with Crippen molar-refractivity contribution >= 4 is 50.5 Å². The molecule has 0 aliphatic carbocycles. The van der Waals surface area contributed by atoms with Crippen LogP contribution < -0.4 is 15.8 Å². The number of amides is 1. The number of nitrogens with one attached hydrogen (secondary N) is 1. The van der Waals surface area contributed by atoms with Crippen molar-refractivity contribution < 1.29 is 13.2 Å². The summed E-state index contributed by atoms with van der Waals surface area (Å²) in [6.45, 7) is 2.35. The Labute approximate surface area is 177 Å². The Bertz CT molecular complexity index is 1140. The van der Waals surface area contributed by atoms with E-state index in [4.69, 9.17) is 23.2 Å². The molecule has 0 saturated carbocycles. The Morgan fingerprint density at radius 2 is 1.93 bits per heavy atom. The summed E-state index contributed by atoms with van der Waals surface area (Å²) in [5, 5.41) is 6.23. The highest BCUT2D eigenvalue weighted by Crippen LogP contribution is 2.32. The third-order valence-corrected chi connectivity index (χ3v) is 7.36. The average Bonchev–Trinajstić information content (AvgIpc) is 2.76. The molecule has 1 aromatic carbocycles. The van der Waals surface area contributed by atoms with E-state index >= 15 is 0 Å². The van der Waals surface area contributed by atoms with E-state index < -0.39 is 27.5 Å². The first-order valence-corrected chi connectivity index (χ1v) is 10.8. The van der Waals surface area contributed by atoms with Crippen LogP contribution >= 0.6 is 23.2 Å². The van der Waals surface area contributed by atoms with Gasteiger partial charge in [-0.1, -0.05) is 23.2 Å². The van der Waals surface area contributed by atoms with E-state index in [9.17, 15) is 18.0 Å². The lowest BCUT2D eigenvalue weighted by Gasteiger charge is -2.19. The number of rotatable bonds is 3. The van der Waals surface area contributed by atoms with Gasteiger partial charge in [-0.05, 0) is 25.1 Å². The zero-order valence-corrected chi connectivity index (χ0v) is 18.2. The molecule has 1 N–H and O–H groups in total. The van der Waals surface area contributed by atoms with Crippen LogP contribution in [0.15, 0.2) is 34.1 Å². The van der Waals surface area contributed by atoms with Crippen LogP contribution in [0.2, 0.25) is 10.0 Å². The summed E-state index contributed by atoms with van der Waals surface area (Å²) in [7, 11) is -0.388. The maximum absolute atomic E-state index is 12.8. The van der Waals surface area contributed by atoms with E-state index in [1.807, 2.05) is 4.90 Å². The van der Waals surface area contributed by atoms with Crippen molar-refractivity contribution in [1.82, 2.24) is 14.1 Å². The molecule has 1 aliphatic heterocycles. The Morgan fingerprint density at radius 1 is 1.24 bits per heavy atom. The first kappa shape index (κ1) is 21.6. The molecule has 2 heterocycles. The van der Waals surface area contributed by atoms with Gasteiger partial charge >= 0.3 is 0 Å². The number of sulfonamides is 1. The van der Waals surface area contributed by atoms with Crippen molar-refractivity contribution in [3.8, 4) is 0 Å². The molecule has 0 bridgehead atoms. The summed E-state index contributed by atoms with van der Waals surface area (Å²) in [5.41, 5.74) is 0.123. The zero-order valence-electron chi connectivity index (χ0n) is 15.9. The van der Waals surface area contributed by atoms with Gasteiger partial charge < -0.3 is 10.2 Å². The molecule has 1 aliphatic rings. The lowest BCUT2D eigenvalue weighted by molar-refractivity contribution is -0.119. The van der Waals surface area contributed by atoms with Gasteiger partial charge in [-0.25, -0.2) is 13.1 Å². The molecule has 0 spiro atoms. The van der Waals surface area contributed by atoms with Gasteiger partial charge in [0.05, 0.1) is 16.9 Å². The molecule has 3 rings (SSSR count). The highest BCUT2D eigenvalue weighted by atomic mass is 35.5. The van der Waals surface area contributed by atoms with Gasteiger partial charge in [-0.15, -0.1) is 0 Å². The minimum absolute atomic E-state index is 0.00952. The molecule has 12 heteroatoms. The van der Waals surface area contributed by atoms with Crippen LogP contribution in [0.4, 0.5) is 11.4 Å². The van der Waals surface area contributed by atoms with Crippen molar-refractivity contribution in [2.75, 3.05) is 37.4 Å². The molecule has 2 aromatic rings. The number of halogens is 2. The second kappa shape index (κ2) is 7.94. The summed E-state index contributed by atoms with van der Waals surface area (Å²) < 4.78 is 27.7. The van der Waals surface area contributed by atoms with Gasteiger partial charge in [0.1, 0.15) is 16.0 Å². The van der Waals surface area contributed by atoms with Crippen molar-refractivity contribution in [2.45, 2.75) is 17.9 Å². The second-order valence-electron chi connectivity index (χ2n) is 6.65. The Balaban J connectivity index is 1.93. The van der Waals surface area contributed by atoms with Gasteiger partial charge in [-0.3, -0.25) is 9.59 Å². The largest absolute Gasteiger partial charge is 0.372 e. The number of benzene rings is 1. The molecule has 1 aromatic heterocycles. The van der Waals surface area contributed by atoms with Crippen LogP contribution in [0.1, 0.15) is 13.0 Å². The fourth-order valence-electron chi connectivity index (χ4n) is 2.87. The van der Waals surface area contributed by atoms with Crippen molar-refractivity contribution in [3.05, 3.63) is 44.8 Å². The van der Waals surface area contributed by atoms with Crippen molar-refractivity contribution in [1.29, 1.82) is 0 Å². The van der Waals surface area contributed by atoms with Crippen LogP contribution in [-0.2, 0) is 14.8 Å². The minimum Gasteiger partial charge on any atom is -0.372 e. The van der Waals surface area contributed by atoms with Crippen LogP contribution in [0.25, 0.3) is 0 Å². The summed E-state index contributed by atoms with van der Waals surface area (Å²) in [5.74, 6) is -0.564. The predicted octanol–water partition coefficient (Wildman–Crippen LogP) is 1.82. The summed E-state index contributed by atoms with van der Waals surface area (Å²) in [6, 6.07) is 3.64. The zero-order chi connectivity index (χ0) is 21.5. The quantitative estimate of drug-likeness (QED) is 0.750. The number of hydrogen-bond donors (Lipinski definition) is 1. The van der Waals surface area contributed by atoms with E-state index in [1.165, 1.54) is 30.5 Å². The topological polar surface area (TPSA) is 105 Å². The van der Waals surface area contributed by atoms with E-state index in [0.29, 0.717) is 18.8 Å². The lowest BCUT2D eigenvalue weighted by Crippen LogP contribution is -2.33. The van der Waals surface area contributed by atoms with Crippen molar-refractivity contribution in [2.24, 2.45) is 0 Å². The molecule has 1 atom stereocenters. The number of carbonyl (C=O) groups is 1. The number of carbonyl (C=O) groups excluding carboxylic acids is 1. The van der Waals surface area contributed by atoms with Crippen LogP contribution in [0.5, 0.6) is 0 Å². The number of nitrogens with zero attached hydrogens (tertiary/aromatic N) is 4. The summed E-state index contributed by atoms with van der Waals surface area (Å²) in [6.07, 6.45) is 1.18. The van der Waals surface area contributed by atoms with Gasteiger partial charge in [0.25, 0.3) is 5.56 Å². The number of aromatic nitrogens is 2. The van der Waals surface area contributed by atoms with Crippen LogP contribution in [-0.4, -0.2) is 55.6 Å². The Kier molecular flexibility index (Phi) is 5.91. The molecule has 9 nitrogen and oxygen atoms in total. The molecule has 0 saturated heterocycles. The second-order valence-corrected chi connectivity index (χ2v) is 9.45. The molecular weight excluding hydrogens is 441 g/mol.